The first kappa shape index (κ1) is 17.7. The fraction of sp³-hybridized carbons (Fsp3) is 0.750. The van der Waals surface area contributed by atoms with Gasteiger partial charge in [-0.15, -0.1) is 0 Å². The zero-order valence-electron chi connectivity index (χ0n) is 14.0. The molecule has 0 radical (unpaired) electrons. The second-order valence-corrected chi connectivity index (χ2v) is 5.96. The van der Waals surface area contributed by atoms with Crippen molar-refractivity contribution < 1.29 is 9.32 Å². The molecule has 0 spiro atoms. The molecule has 2 N–H and O–H groups in total. The van der Waals surface area contributed by atoms with E-state index in [2.05, 4.69) is 36.6 Å². The van der Waals surface area contributed by atoms with Gasteiger partial charge >= 0.3 is 0 Å². The number of nitrogens with zero attached hydrogens (tertiary/aromatic N) is 1. The highest BCUT2D eigenvalue weighted by Gasteiger charge is 2.24. The van der Waals surface area contributed by atoms with Crippen molar-refractivity contribution in [1.29, 1.82) is 0 Å². The lowest BCUT2D eigenvalue weighted by Gasteiger charge is -2.28. The molecule has 1 rings (SSSR count). The predicted octanol–water partition coefficient (Wildman–Crippen LogP) is 2.69. The van der Waals surface area contributed by atoms with E-state index in [-0.39, 0.29) is 11.3 Å². The molecule has 1 amide bonds. The third kappa shape index (κ3) is 4.84. The van der Waals surface area contributed by atoms with Crippen LogP contribution in [0.5, 0.6) is 0 Å². The molecular weight excluding hydrogens is 266 g/mol. The van der Waals surface area contributed by atoms with E-state index < -0.39 is 0 Å². The number of rotatable bonds is 9. The molecule has 0 saturated heterocycles. The van der Waals surface area contributed by atoms with Crippen LogP contribution >= 0.6 is 0 Å². The molecule has 1 atom stereocenters. The van der Waals surface area contributed by atoms with Gasteiger partial charge in [-0.05, 0) is 31.7 Å². The van der Waals surface area contributed by atoms with E-state index >= 15 is 0 Å². The first-order valence-electron chi connectivity index (χ1n) is 7.91. The van der Waals surface area contributed by atoms with E-state index in [0.717, 1.165) is 43.7 Å². The van der Waals surface area contributed by atoms with E-state index in [1.165, 1.54) is 0 Å². The van der Waals surface area contributed by atoms with Crippen LogP contribution in [0.4, 0.5) is 0 Å². The summed E-state index contributed by atoms with van der Waals surface area (Å²) in [6.45, 7) is 12.9. The minimum atomic E-state index is -0.147. The Morgan fingerprint density at radius 3 is 2.52 bits per heavy atom. The van der Waals surface area contributed by atoms with Gasteiger partial charge in [0.2, 0.25) is 0 Å². The molecule has 0 fully saturated rings. The van der Waals surface area contributed by atoms with E-state index in [4.69, 9.17) is 4.52 Å². The maximum Gasteiger partial charge on any atom is 0.273 e. The summed E-state index contributed by atoms with van der Waals surface area (Å²) in [6, 6.07) is 0. The number of hydrogen-bond donors (Lipinski definition) is 2. The van der Waals surface area contributed by atoms with Gasteiger partial charge < -0.3 is 15.2 Å². The quantitative estimate of drug-likeness (QED) is 0.687. The van der Waals surface area contributed by atoms with Crippen molar-refractivity contribution in [2.24, 2.45) is 5.41 Å². The molecule has 21 heavy (non-hydrogen) atoms. The Kier molecular flexibility index (Phi) is 6.89. The van der Waals surface area contributed by atoms with Gasteiger partial charge in [0.1, 0.15) is 5.76 Å². The molecule has 0 aromatic carbocycles. The van der Waals surface area contributed by atoms with Gasteiger partial charge in [-0.2, -0.15) is 0 Å². The number of amides is 1. The van der Waals surface area contributed by atoms with Gasteiger partial charge in [0.05, 0.1) is 0 Å². The lowest BCUT2D eigenvalue weighted by atomic mass is 9.87. The molecule has 1 unspecified atom stereocenters. The van der Waals surface area contributed by atoms with Crippen LogP contribution in [0, 0.1) is 12.3 Å². The van der Waals surface area contributed by atoms with Crippen LogP contribution in [0.2, 0.25) is 0 Å². The Labute approximate surface area is 127 Å². The fourth-order valence-corrected chi connectivity index (χ4v) is 2.17. The molecule has 0 saturated carbocycles. The maximum absolute atomic E-state index is 12.2. The number of carbonyl (C=O) groups excluding carboxylic acids is 1. The first-order valence-corrected chi connectivity index (χ1v) is 7.91. The highest BCUT2D eigenvalue weighted by atomic mass is 16.5. The van der Waals surface area contributed by atoms with Crippen LogP contribution in [0.1, 0.15) is 62.3 Å². The summed E-state index contributed by atoms with van der Waals surface area (Å²) in [6.07, 6.45) is 2.87. The Bertz CT molecular complexity index is 456. The molecule has 1 heterocycles. The predicted molar refractivity (Wildman–Crippen MR) is 84.5 cm³/mol. The summed E-state index contributed by atoms with van der Waals surface area (Å²) in [7, 11) is 0. The summed E-state index contributed by atoms with van der Waals surface area (Å²) in [5, 5.41) is 10.3. The Morgan fingerprint density at radius 1 is 1.29 bits per heavy atom. The van der Waals surface area contributed by atoms with Crippen molar-refractivity contribution >= 4 is 5.91 Å². The van der Waals surface area contributed by atoms with Gasteiger partial charge in [0, 0.05) is 25.1 Å². The smallest absolute Gasteiger partial charge is 0.273 e. The summed E-state index contributed by atoms with van der Waals surface area (Å²) >= 11 is 0. The molecule has 1 aromatic heterocycles. The van der Waals surface area contributed by atoms with Crippen molar-refractivity contribution in [2.45, 2.75) is 53.9 Å². The largest absolute Gasteiger partial charge is 0.360 e. The Morgan fingerprint density at radius 2 is 2.00 bits per heavy atom. The van der Waals surface area contributed by atoms with Crippen LogP contribution in [-0.4, -0.2) is 30.7 Å². The van der Waals surface area contributed by atoms with Crippen LogP contribution in [-0.2, 0) is 6.42 Å². The molecular formula is C16H29N3O2. The van der Waals surface area contributed by atoms with Gasteiger partial charge in [-0.1, -0.05) is 32.9 Å². The molecule has 1 aromatic rings. The fourth-order valence-electron chi connectivity index (χ4n) is 2.17. The van der Waals surface area contributed by atoms with Gasteiger partial charge in [-0.25, -0.2) is 0 Å². The highest BCUT2D eigenvalue weighted by molar-refractivity contribution is 5.93. The van der Waals surface area contributed by atoms with Crippen molar-refractivity contribution in [3.8, 4) is 0 Å². The average Bonchev–Trinajstić information content (AvgIpc) is 2.86. The van der Waals surface area contributed by atoms with E-state index in [9.17, 15) is 4.79 Å². The van der Waals surface area contributed by atoms with Gasteiger partial charge in [0.25, 0.3) is 5.91 Å². The molecule has 0 aliphatic carbocycles. The maximum atomic E-state index is 12.2. The van der Waals surface area contributed by atoms with E-state index in [0.29, 0.717) is 12.2 Å². The topological polar surface area (TPSA) is 67.2 Å². The molecule has 0 aliphatic rings. The molecule has 0 bridgehead atoms. The first-order chi connectivity index (χ1) is 9.97. The SMILES string of the molecule is CCCNCC(C)(CC)CNC(=O)c1noc(CC)c1C. The third-order valence-corrected chi connectivity index (χ3v) is 4.06. The minimum absolute atomic E-state index is 0.0516. The summed E-state index contributed by atoms with van der Waals surface area (Å²) in [4.78, 5) is 12.2. The molecule has 5 heteroatoms. The summed E-state index contributed by atoms with van der Waals surface area (Å²) in [5.74, 6) is 0.633. The van der Waals surface area contributed by atoms with Crippen molar-refractivity contribution in [1.82, 2.24) is 15.8 Å². The number of carbonyl (C=O) groups is 1. The Balaban J connectivity index is 2.59. The van der Waals surface area contributed by atoms with Crippen molar-refractivity contribution in [3.63, 3.8) is 0 Å². The zero-order chi connectivity index (χ0) is 15.9. The van der Waals surface area contributed by atoms with Crippen molar-refractivity contribution in [2.75, 3.05) is 19.6 Å². The monoisotopic (exact) mass is 295 g/mol. The van der Waals surface area contributed by atoms with Crippen molar-refractivity contribution in [3.05, 3.63) is 17.0 Å². The van der Waals surface area contributed by atoms with Crippen LogP contribution in [0.15, 0.2) is 4.52 Å². The minimum Gasteiger partial charge on any atom is -0.360 e. The van der Waals surface area contributed by atoms with Crippen LogP contribution < -0.4 is 10.6 Å². The lowest BCUT2D eigenvalue weighted by molar-refractivity contribution is 0.0922. The number of hydrogen-bond acceptors (Lipinski definition) is 4. The Hall–Kier alpha value is -1.36. The number of aromatic nitrogens is 1. The van der Waals surface area contributed by atoms with Gasteiger partial charge in [-0.3, -0.25) is 4.79 Å². The van der Waals surface area contributed by atoms with Gasteiger partial charge in [0.15, 0.2) is 5.69 Å². The number of aryl methyl sites for hydroxylation is 1. The molecule has 0 aliphatic heterocycles. The summed E-state index contributed by atoms with van der Waals surface area (Å²) < 4.78 is 5.18. The standard InChI is InChI=1S/C16H29N3O2/c1-6-9-17-10-16(5,8-3)11-18-15(20)14-12(4)13(7-2)21-19-14/h17H,6-11H2,1-5H3,(H,18,20). The lowest BCUT2D eigenvalue weighted by Crippen LogP contribution is -2.42. The second-order valence-electron chi connectivity index (χ2n) is 5.96. The molecule has 120 valence electrons. The number of nitrogens with one attached hydrogen (secondary N) is 2. The third-order valence-electron chi connectivity index (χ3n) is 4.06. The summed E-state index contributed by atoms with van der Waals surface area (Å²) in [5.41, 5.74) is 1.31. The van der Waals surface area contributed by atoms with Crippen LogP contribution in [0.3, 0.4) is 0 Å². The van der Waals surface area contributed by atoms with E-state index in [1.807, 2.05) is 13.8 Å². The zero-order valence-corrected chi connectivity index (χ0v) is 14.0. The average molecular weight is 295 g/mol. The second kappa shape index (κ2) is 8.17. The van der Waals surface area contributed by atoms with E-state index in [1.54, 1.807) is 0 Å². The highest BCUT2D eigenvalue weighted by Crippen LogP contribution is 2.19. The normalized spacial score (nSPS) is 14.0. The van der Waals surface area contributed by atoms with Crippen LogP contribution in [0.25, 0.3) is 0 Å². The molecule has 5 nitrogen and oxygen atoms in total.